The number of nitrogens with zero attached hydrogens (tertiary/aromatic N) is 3. The van der Waals surface area contributed by atoms with Crippen molar-refractivity contribution in [3.63, 3.8) is 0 Å². The zero-order valence-corrected chi connectivity index (χ0v) is 18.0. The molecule has 3 rings (SSSR count). The number of amides is 3. The first-order chi connectivity index (χ1) is 13.8. The largest absolute Gasteiger partial charge is 0.351 e. The molecule has 0 unspecified atom stereocenters. The van der Waals surface area contributed by atoms with E-state index in [4.69, 9.17) is 0 Å². The van der Waals surface area contributed by atoms with Gasteiger partial charge < -0.3 is 15.5 Å². The van der Waals surface area contributed by atoms with Crippen molar-refractivity contribution in [3.8, 4) is 0 Å². The van der Waals surface area contributed by atoms with E-state index in [1.54, 1.807) is 11.8 Å². The lowest BCUT2D eigenvalue weighted by Crippen LogP contribution is -2.64. The highest BCUT2D eigenvalue weighted by Gasteiger charge is 2.48. The van der Waals surface area contributed by atoms with Crippen LogP contribution in [0.3, 0.4) is 0 Å². The molecule has 1 aliphatic carbocycles. The predicted molar refractivity (Wildman–Crippen MR) is 110 cm³/mol. The maximum Gasteiger partial charge on any atom is 0.273 e. The van der Waals surface area contributed by atoms with Gasteiger partial charge in [0, 0.05) is 25.2 Å². The van der Waals surface area contributed by atoms with E-state index >= 15 is 0 Å². The van der Waals surface area contributed by atoms with E-state index in [1.807, 2.05) is 6.92 Å². The van der Waals surface area contributed by atoms with Gasteiger partial charge in [0.25, 0.3) is 11.8 Å². The fourth-order valence-corrected chi connectivity index (χ4v) is 4.22. The zero-order valence-electron chi connectivity index (χ0n) is 18.0. The van der Waals surface area contributed by atoms with Crippen LogP contribution >= 0.6 is 0 Å². The predicted octanol–water partition coefficient (Wildman–Crippen LogP) is 1.95. The Morgan fingerprint density at radius 1 is 1.31 bits per heavy atom. The van der Waals surface area contributed by atoms with Crippen molar-refractivity contribution in [2.45, 2.75) is 77.9 Å². The summed E-state index contributed by atoms with van der Waals surface area (Å²) in [6, 6.07) is 1.71. The van der Waals surface area contributed by atoms with Crippen LogP contribution in [0.15, 0.2) is 6.07 Å². The molecule has 2 aliphatic rings. The molecule has 1 aromatic heterocycles. The molecule has 0 spiro atoms. The normalized spacial score (nSPS) is 22.1. The second kappa shape index (κ2) is 8.55. The summed E-state index contributed by atoms with van der Waals surface area (Å²) < 4.78 is 1.51. The number of hydrogen-bond acceptors (Lipinski definition) is 4. The average molecular weight is 404 g/mol. The Morgan fingerprint density at radius 2 is 2.00 bits per heavy atom. The van der Waals surface area contributed by atoms with Gasteiger partial charge in [-0.25, -0.2) is 0 Å². The van der Waals surface area contributed by atoms with Gasteiger partial charge in [-0.2, -0.15) is 5.10 Å². The number of rotatable bonds is 7. The molecular formula is C21H33N5O3. The van der Waals surface area contributed by atoms with Crippen molar-refractivity contribution >= 4 is 17.7 Å². The molecule has 1 saturated carbocycles. The summed E-state index contributed by atoms with van der Waals surface area (Å²) in [5.41, 5.74) is -0.459. The smallest absolute Gasteiger partial charge is 0.273 e. The van der Waals surface area contributed by atoms with Gasteiger partial charge >= 0.3 is 0 Å². The lowest BCUT2D eigenvalue weighted by molar-refractivity contribution is -0.133. The highest BCUT2D eigenvalue weighted by Crippen LogP contribution is 2.28. The molecule has 160 valence electrons. The Bertz CT molecular complexity index is 781. The first kappa shape index (κ1) is 21.3. The van der Waals surface area contributed by atoms with Gasteiger partial charge in [-0.05, 0) is 39.0 Å². The maximum absolute atomic E-state index is 13.1. The molecule has 1 aromatic rings. The fourth-order valence-electron chi connectivity index (χ4n) is 4.22. The second-order valence-corrected chi connectivity index (χ2v) is 8.79. The lowest BCUT2D eigenvalue weighted by Gasteiger charge is -2.43. The molecule has 2 N–H and O–H groups in total. The number of carbonyl (C=O) groups excluding carboxylic acids is 3. The summed E-state index contributed by atoms with van der Waals surface area (Å²) in [6.07, 6.45) is 5.08. The van der Waals surface area contributed by atoms with Gasteiger partial charge in [0.05, 0.1) is 6.54 Å². The summed E-state index contributed by atoms with van der Waals surface area (Å²) in [5.74, 6) is -0.218. The molecule has 0 saturated heterocycles. The van der Waals surface area contributed by atoms with E-state index in [0.717, 1.165) is 32.1 Å². The second-order valence-electron chi connectivity index (χ2n) is 8.79. The SMILES string of the molecule is CCN1C(=O)c2cc(C(=O)NCCC(C)C)nn2C[C@@]1(C)C(=O)NC1CCCC1. The third kappa shape index (κ3) is 4.31. The van der Waals surface area contributed by atoms with Crippen molar-refractivity contribution in [2.24, 2.45) is 5.92 Å². The molecule has 29 heavy (non-hydrogen) atoms. The van der Waals surface area contributed by atoms with E-state index in [-0.39, 0.29) is 36.0 Å². The Kier molecular flexibility index (Phi) is 6.29. The van der Waals surface area contributed by atoms with Crippen molar-refractivity contribution in [2.75, 3.05) is 13.1 Å². The molecule has 2 heterocycles. The Labute approximate surface area is 172 Å². The summed E-state index contributed by atoms with van der Waals surface area (Å²) in [7, 11) is 0. The van der Waals surface area contributed by atoms with Crippen LogP contribution in [0.1, 0.15) is 80.8 Å². The van der Waals surface area contributed by atoms with Gasteiger partial charge in [-0.3, -0.25) is 19.1 Å². The van der Waals surface area contributed by atoms with E-state index in [9.17, 15) is 14.4 Å². The number of hydrogen-bond donors (Lipinski definition) is 2. The summed E-state index contributed by atoms with van der Waals surface area (Å²) in [6.45, 7) is 9.05. The number of nitrogens with one attached hydrogen (secondary N) is 2. The molecule has 1 fully saturated rings. The van der Waals surface area contributed by atoms with Crippen LogP contribution in [0.5, 0.6) is 0 Å². The van der Waals surface area contributed by atoms with Crippen molar-refractivity contribution in [1.29, 1.82) is 0 Å². The van der Waals surface area contributed by atoms with Crippen LogP contribution in [0, 0.1) is 5.92 Å². The molecule has 1 atom stereocenters. The summed E-state index contributed by atoms with van der Waals surface area (Å²) in [4.78, 5) is 40.2. The van der Waals surface area contributed by atoms with E-state index < -0.39 is 5.54 Å². The molecule has 0 radical (unpaired) electrons. The summed E-state index contributed by atoms with van der Waals surface area (Å²) in [5, 5.41) is 10.3. The molecule has 1 aliphatic heterocycles. The first-order valence-corrected chi connectivity index (χ1v) is 10.7. The highest BCUT2D eigenvalue weighted by atomic mass is 16.2. The quantitative estimate of drug-likeness (QED) is 0.727. The molecule has 0 aromatic carbocycles. The monoisotopic (exact) mass is 403 g/mol. The minimum absolute atomic E-state index is 0.149. The Balaban J connectivity index is 1.79. The van der Waals surface area contributed by atoms with Crippen LogP contribution in [-0.4, -0.2) is 57.1 Å². The van der Waals surface area contributed by atoms with Gasteiger partial charge in [0.1, 0.15) is 11.2 Å². The van der Waals surface area contributed by atoms with Crippen LogP contribution in [0.25, 0.3) is 0 Å². The topological polar surface area (TPSA) is 96.3 Å². The number of fused-ring (bicyclic) bond motifs is 1. The Morgan fingerprint density at radius 3 is 2.62 bits per heavy atom. The van der Waals surface area contributed by atoms with E-state index in [0.29, 0.717) is 24.7 Å². The van der Waals surface area contributed by atoms with Crippen LogP contribution in [0.4, 0.5) is 0 Å². The highest BCUT2D eigenvalue weighted by molar-refractivity contribution is 6.01. The van der Waals surface area contributed by atoms with Crippen LogP contribution in [-0.2, 0) is 11.3 Å². The van der Waals surface area contributed by atoms with Gasteiger partial charge in [-0.1, -0.05) is 26.7 Å². The minimum Gasteiger partial charge on any atom is -0.351 e. The number of aromatic nitrogens is 2. The Hall–Kier alpha value is -2.38. The van der Waals surface area contributed by atoms with Crippen LogP contribution < -0.4 is 10.6 Å². The third-order valence-corrected chi connectivity index (χ3v) is 6.03. The van der Waals surface area contributed by atoms with Crippen LogP contribution in [0.2, 0.25) is 0 Å². The van der Waals surface area contributed by atoms with E-state index in [2.05, 4.69) is 29.6 Å². The van der Waals surface area contributed by atoms with E-state index in [1.165, 1.54) is 10.7 Å². The van der Waals surface area contributed by atoms with Gasteiger partial charge in [0.2, 0.25) is 5.91 Å². The molecule has 3 amide bonds. The van der Waals surface area contributed by atoms with Crippen molar-refractivity contribution in [3.05, 3.63) is 17.5 Å². The first-order valence-electron chi connectivity index (χ1n) is 10.7. The lowest BCUT2D eigenvalue weighted by atomic mass is 9.94. The molecule has 0 bridgehead atoms. The number of likely N-dealkylation sites (N-methyl/N-ethyl adjacent to an activating group) is 1. The third-order valence-electron chi connectivity index (χ3n) is 6.03. The van der Waals surface area contributed by atoms with Gasteiger partial charge in [0.15, 0.2) is 5.69 Å². The molecular weight excluding hydrogens is 370 g/mol. The van der Waals surface area contributed by atoms with Crippen molar-refractivity contribution < 1.29 is 14.4 Å². The standard InChI is InChI=1S/C21H33N5O3/c1-5-25-19(28)17-12-16(18(27)22-11-10-14(2)3)24-26(17)13-21(25,4)20(29)23-15-8-6-7-9-15/h12,14-15H,5-11,13H2,1-4H3,(H,22,27)(H,23,29)/t21-/m0/s1. The average Bonchev–Trinajstić information content (AvgIpc) is 3.31. The fraction of sp³-hybridized carbons (Fsp3) is 0.714. The molecule has 8 heteroatoms. The zero-order chi connectivity index (χ0) is 21.2. The molecule has 8 nitrogen and oxygen atoms in total. The maximum atomic E-state index is 13.1. The van der Waals surface area contributed by atoms with Crippen molar-refractivity contribution in [1.82, 2.24) is 25.3 Å². The number of carbonyl (C=O) groups is 3. The van der Waals surface area contributed by atoms with Gasteiger partial charge in [-0.15, -0.1) is 0 Å². The summed E-state index contributed by atoms with van der Waals surface area (Å²) >= 11 is 0. The minimum atomic E-state index is -1.03.